The fourth-order valence-corrected chi connectivity index (χ4v) is 3.14. The van der Waals surface area contributed by atoms with Gasteiger partial charge in [-0.25, -0.2) is 0 Å². The molecule has 0 fully saturated rings. The van der Waals surface area contributed by atoms with E-state index in [1.165, 1.54) is 11.1 Å². The van der Waals surface area contributed by atoms with E-state index in [0.717, 1.165) is 13.1 Å². The van der Waals surface area contributed by atoms with Crippen molar-refractivity contribution in [2.24, 2.45) is 0 Å². The van der Waals surface area contributed by atoms with Crippen molar-refractivity contribution < 1.29 is 4.79 Å². The van der Waals surface area contributed by atoms with Crippen molar-refractivity contribution in [1.82, 2.24) is 14.7 Å². The quantitative estimate of drug-likeness (QED) is 0.633. The molecule has 28 heavy (non-hydrogen) atoms. The van der Waals surface area contributed by atoms with Gasteiger partial charge in [0.2, 0.25) is 0 Å². The first-order valence-corrected chi connectivity index (χ1v) is 9.76. The monoisotopic (exact) mass is 376 g/mol. The van der Waals surface area contributed by atoms with Gasteiger partial charge in [0, 0.05) is 24.3 Å². The van der Waals surface area contributed by atoms with Crippen molar-refractivity contribution in [3.05, 3.63) is 83.7 Å². The summed E-state index contributed by atoms with van der Waals surface area (Å²) < 4.78 is 1.82. The predicted octanol–water partition coefficient (Wildman–Crippen LogP) is 4.41. The number of hydrogen-bond donors (Lipinski definition) is 1. The van der Waals surface area contributed by atoms with Crippen molar-refractivity contribution in [2.45, 2.75) is 39.9 Å². The van der Waals surface area contributed by atoms with Crippen LogP contribution in [0.25, 0.3) is 0 Å². The maximum Gasteiger partial charge on any atom is 0.255 e. The second-order valence-electron chi connectivity index (χ2n) is 7.22. The van der Waals surface area contributed by atoms with E-state index in [0.29, 0.717) is 23.8 Å². The van der Waals surface area contributed by atoms with Gasteiger partial charge in [0.25, 0.3) is 5.91 Å². The van der Waals surface area contributed by atoms with Crippen LogP contribution in [0.5, 0.6) is 0 Å². The van der Waals surface area contributed by atoms with E-state index in [-0.39, 0.29) is 5.91 Å². The van der Waals surface area contributed by atoms with E-state index >= 15 is 0 Å². The zero-order valence-corrected chi connectivity index (χ0v) is 16.8. The van der Waals surface area contributed by atoms with Gasteiger partial charge in [-0.1, -0.05) is 49.4 Å². The number of aromatic nitrogens is 2. The normalized spacial score (nSPS) is 11.2. The molecule has 0 aliphatic heterocycles. The summed E-state index contributed by atoms with van der Waals surface area (Å²) in [5.74, 6) is -0.123. The Morgan fingerprint density at radius 2 is 1.79 bits per heavy atom. The topological polar surface area (TPSA) is 50.2 Å². The zero-order chi connectivity index (χ0) is 19.9. The summed E-state index contributed by atoms with van der Waals surface area (Å²) in [5, 5.41) is 7.25. The van der Waals surface area contributed by atoms with Gasteiger partial charge in [-0.15, -0.1) is 0 Å². The van der Waals surface area contributed by atoms with Gasteiger partial charge in [0.15, 0.2) is 0 Å². The maximum absolute atomic E-state index is 12.5. The molecule has 0 bridgehead atoms. The summed E-state index contributed by atoms with van der Waals surface area (Å²) in [4.78, 5) is 14.9. The van der Waals surface area contributed by atoms with E-state index in [9.17, 15) is 4.79 Å². The molecule has 2 aromatic carbocycles. The molecule has 0 aliphatic rings. The summed E-state index contributed by atoms with van der Waals surface area (Å²) >= 11 is 0. The molecule has 3 rings (SSSR count). The molecular weight excluding hydrogens is 348 g/mol. The third-order valence-electron chi connectivity index (χ3n) is 4.82. The number of anilines is 1. The Kier molecular flexibility index (Phi) is 6.61. The largest absolute Gasteiger partial charge is 0.319 e. The van der Waals surface area contributed by atoms with Crippen molar-refractivity contribution in [3.63, 3.8) is 0 Å². The molecule has 3 aromatic rings. The second kappa shape index (κ2) is 9.33. The smallest absolute Gasteiger partial charge is 0.255 e. The van der Waals surface area contributed by atoms with Crippen molar-refractivity contribution in [3.8, 4) is 0 Å². The Labute approximate surface area is 167 Å². The number of amides is 1. The standard InChI is InChI=1S/C23H28N4O/c1-4-26(18(2)3)15-20-10-12-21(13-11-20)23(28)25-22-14-24-27(17-22)16-19-8-6-5-7-9-19/h5-14,17-18H,4,15-16H2,1-3H3,(H,25,28). The average Bonchev–Trinajstić information content (AvgIpc) is 3.13. The highest BCUT2D eigenvalue weighted by atomic mass is 16.1. The first kappa shape index (κ1) is 19.8. The SMILES string of the molecule is CCN(Cc1ccc(C(=O)Nc2cnn(Cc3ccccc3)c2)cc1)C(C)C. The van der Waals surface area contributed by atoms with Crippen LogP contribution in [-0.4, -0.2) is 33.2 Å². The highest BCUT2D eigenvalue weighted by Gasteiger charge is 2.10. The number of carbonyl (C=O) groups excluding carboxylic acids is 1. The lowest BCUT2D eigenvalue weighted by molar-refractivity contribution is 0.102. The Bertz CT molecular complexity index is 884. The minimum absolute atomic E-state index is 0.123. The lowest BCUT2D eigenvalue weighted by atomic mass is 10.1. The van der Waals surface area contributed by atoms with Gasteiger partial charge in [0.05, 0.1) is 18.4 Å². The first-order valence-electron chi connectivity index (χ1n) is 9.76. The van der Waals surface area contributed by atoms with Gasteiger partial charge in [-0.05, 0) is 43.7 Å². The van der Waals surface area contributed by atoms with Crippen LogP contribution in [0, 0.1) is 0 Å². The van der Waals surface area contributed by atoms with Crippen molar-refractivity contribution in [1.29, 1.82) is 0 Å². The van der Waals surface area contributed by atoms with Crippen LogP contribution in [0.1, 0.15) is 42.3 Å². The van der Waals surface area contributed by atoms with E-state index in [1.54, 1.807) is 6.20 Å². The minimum atomic E-state index is -0.123. The number of rotatable bonds is 8. The summed E-state index contributed by atoms with van der Waals surface area (Å²) in [7, 11) is 0. The lowest BCUT2D eigenvalue weighted by Crippen LogP contribution is -2.29. The molecule has 1 heterocycles. The summed E-state index contributed by atoms with van der Waals surface area (Å²) in [6.45, 7) is 9.14. The third kappa shape index (κ3) is 5.30. The highest BCUT2D eigenvalue weighted by molar-refractivity contribution is 6.04. The number of carbonyl (C=O) groups is 1. The summed E-state index contributed by atoms with van der Waals surface area (Å²) in [6.07, 6.45) is 3.53. The fourth-order valence-electron chi connectivity index (χ4n) is 3.14. The molecule has 0 spiro atoms. The molecule has 1 amide bonds. The molecule has 1 aromatic heterocycles. The van der Waals surface area contributed by atoms with Crippen LogP contribution in [0.15, 0.2) is 67.0 Å². The molecule has 0 unspecified atom stereocenters. The van der Waals surface area contributed by atoms with E-state index < -0.39 is 0 Å². The number of nitrogens with one attached hydrogen (secondary N) is 1. The van der Waals surface area contributed by atoms with Crippen LogP contribution in [-0.2, 0) is 13.1 Å². The lowest BCUT2D eigenvalue weighted by Gasteiger charge is -2.24. The van der Waals surface area contributed by atoms with Gasteiger partial charge in [-0.3, -0.25) is 14.4 Å². The molecule has 0 aliphatic carbocycles. The van der Waals surface area contributed by atoms with Gasteiger partial charge >= 0.3 is 0 Å². The molecule has 0 atom stereocenters. The molecule has 5 heteroatoms. The van der Waals surface area contributed by atoms with Gasteiger partial charge < -0.3 is 5.32 Å². The van der Waals surface area contributed by atoms with E-state index in [2.05, 4.69) is 48.2 Å². The summed E-state index contributed by atoms with van der Waals surface area (Å²) in [6, 6.07) is 18.4. The van der Waals surface area contributed by atoms with Crippen LogP contribution in [0.4, 0.5) is 5.69 Å². The maximum atomic E-state index is 12.5. The fraction of sp³-hybridized carbons (Fsp3) is 0.304. The van der Waals surface area contributed by atoms with E-state index in [1.807, 2.05) is 53.3 Å². The average molecular weight is 377 g/mol. The van der Waals surface area contributed by atoms with E-state index in [4.69, 9.17) is 0 Å². The Morgan fingerprint density at radius 1 is 1.07 bits per heavy atom. The molecule has 0 saturated heterocycles. The predicted molar refractivity (Wildman–Crippen MR) is 113 cm³/mol. The number of nitrogens with zero attached hydrogens (tertiary/aromatic N) is 3. The number of benzene rings is 2. The summed E-state index contributed by atoms with van der Waals surface area (Å²) in [5.41, 5.74) is 3.72. The third-order valence-corrected chi connectivity index (χ3v) is 4.82. The highest BCUT2D eigenvalue weighted by Crippen LogP contribution is 2.13. The van der Waals surface area contributed by atoms with Crippen LogP contribution < -0.4 is 5.32 Å². The number of hydrogen-bond acceptors (Lipinski definition) is 3. The second-order valence-corrected chi connectivity index (χ2v) is 7.22. The Hall–Kier alpha value is -2.92. The molecule has 0 saturated carbocycles. The molecule has 146 valence electrons. The molecule has 5 nitrogen and oxygen atoms in total. The molecule has 1 N–H and O–H groups in total. The van der Waals surface area contributed by atoms with Crippen LogP contribution >= 0.6 is 0 Å². The Morgan fingerprint density at radius 3 is 2.43 bits per heavy atom. The van der Waals surface area contributed by atoms with Crippen molar-refractivity contribution in [2.75, 3.05) is 11.9 Å². The van der Waals surface area contributed by atoms with Crippen LogP contribution in [0.3, 0.4) is 0 Å². The van der Waals surface area contributed by atoms with Gasteiger partial charge in [-0.2, -0.15) is 5.10 Å². The Balaban J connectivity index is 1.59. The minimum Gasteiger partial charge on any atom is -0.319 e. The molecule has 0 radical (unpaired) electrons. The van der Waals surface area contributed by atoms with Gasteiger partial charge in [0.1, 0.15) is 0 Å². The van der Waals surface area contributed by atoms with Crippen LogP contribution in [0.2, 0.25) is 0 Å². The molecular formula is C23H28N4O. The first-order chi connectivity index (χ1) is 13.5. The van der Waals surface area contributed by atoms with Crippen molar-refractivity contribution >= 4 is 11.6 Å². The zero-order valence-electron chi connectivity index (χ0n) is 16.8.